The van der Waals surface area contributed by atoms with Gasteiger partial charge in [0, 0.05) is 11.8 Å². The lowest BCUT2D eigenvalue weighted by Gasteiger charge is -2.20. The molecule has 0 radical (unpaired) electrons. The Hall–Kier alpha value is -2.40. The molecule has 2 unspecified atom stereocenters. The van der Waals surface area contributed by atoms with E-state index in [0.717, 1.165) is 11.1 Å². The molecule has 1 heterocycles. The van der Waals surface area contributed by atoms with Crippen molar-refractivity contribution >= 4 is 0 Å². The lowest BCUT2D eigenvalue weighted by Crippen LogP contribution is -2.09. The maximum absolute atomic E-state index is 9.80. The summed E-state index contributed by atoms with van der Waals surface area (Å²) in [5, 5.41) is 9.80. The van der Waals surface area contributed by atoms with Gasteiger partial charge in [0.25, 0.3) is 0 Å². The molecule has 24 heavy (non-hydrogen) atoms. The van der Waals surface area contributed by atoms with Crippen molar-refractivity contribution in [3.8, 4) is 23.0 Å². The van der Waals surface area contributed by atoms with Crippen molar-refractivity contribution in [2.24, 2.45) is 0 Å². The molecule has 0 aromatic heterocycles. The third-order valence-corrected chi connectivity index (χ3v) is 4.55. The fraction of sp³-hybridized carbons (Fsp3) is 0.368. The summed E-state index contributed by atoms with van der Waals surface area (Å²) in [6.45, 7) is 1.27. The van der Waals surface area contributed by atoms with Crippen LogP contribution in [-0.4, -0.2) is 39.6 Å². The van der Waals surface area contributed by atoms with Crippen LogP contribution in [0.15, 0.2) is 36.4 Å². The number of phenols is 1. The zero-order chi connectivity index (χ0) is 17.1. The van der Waals surface area contributed by atoms with E-state index >= 15 is 0 Å². The van der Waals surface area contributed by atoms with E-state index in [-0.39, 0.29) is 17.6 Å². The number of phenolic OH excluding ortho intramolecular Hbond substituents is 1. The molecule has 3 rings (SSSR count). The number of rotatable bonds is 5. The second-order valence-corrected chi connectivity index (χ2v) is 5.80. The van der Waals surface area contributed by atoms with Gasteiger partial charge in [0.15, 0.2) is 23.0 Å². The molecule has 0 saturated carbocycles. The first kappa shape index (κ1) is 16.5. The highest BCUT2D eigenvalue weighted by atomic mass is 16.5. The summed E-state index contributed by atoms with van der Waals surface area (Å²) in [5.41, 5.74) is 2.23. The smallest absolute Gasteiger partial charge is 0.160 e. The highest BCUT2D eigenvalue weighted by Gasteiger charge is 2.32. The van der Waals surface area contributed by atoms with E-state index in [4.69, 9.17) is 18.9 Å². The van der Waals surface area contributed by atoms with Gasteiger partial charge in [0.05, 0.1) is 34.5 Å². The molecule has 128 valence electrons. The molecule has 2 aromatic rings. The van der Waals surface area contributed by atoms with Gasteiger partial charge in [-0.15, -0.1) is 0 Å². The topological polar surface area (TPSA) is 57.2 Å². The molecule has 1 saturated heterocycles. The molecule has 1 N–H and O–H groups in total. The Labute approximate surface area is 141 Å². The largest absolute Gasteiger partial charge is 0.504 e. The second-order valence-electron chi connectivity index (χ2n) is 5.80. The lowest BCUT2D eigenvalue weighted by molar-refractivity contribution is 0.190. The molecule has 0 spiro atoms. The van der Waals surface area contributed by atoms with Gasteiger partial charge in [-0.1, -0.05) is 12.1 Å². The van der Waals surface area contributed by atoms with Crippen molar-refractivity contribution in [1.82, 2.24) is 0 Å². The van der Waals surface area contributed by atoms with Crippen LogP contribution in [0.1, 0.15) is 23.0 Å². The molecule has 2 atom stereocenters. The Kier molecular flexibility index (Phi) is 4.81. The Morgan fingerprint density at radius 1 is 0.792 bits per heavy atom. The molecule has 0 aliphatic carbocycles. The quantitative estimate of drug-likeness (QED) is 0.911. The molecule has 1 aliphatic heterocycles. The van der Waals surface area contributed by atoms with Crippen LogP contribution < -0.4 is 14.2 Å². The third-order valence-electron chi connectivity index (χ3n) is 4.55. The van der Waals surface area contributed by atoms with Crippen LogP contribution >= 0.6 is 0 Å². The minimum absolute atomic E-state index is 0.142. The first-order valence-corrected chi connectivity index (χ1v) is 7.84. The SMILES string of the molecule is COc1cc(C2COCC2c2ccc(OC)c(OC)c2)ccc1O. The van der Waals surface area contributed by atoms with E-state index in [0.29, 0.717) is 30.5 Å². The molecular formula is C19H22O5. The summed E-state index contributed by atoms with van der Waals surface area (Å²) < 4.78 is 21.7. The van der Waals surface area contributed by atoms with E-state index in [1.807, 2.05) is 30.3 Å². The molecule has 0 bridgehead atoms. The molecule has 2 aromatic carbocycles. The van der Waals surface area contributed by atoms with Gasteiger partial charge in [0.2, 0.25) is 0 Å². The Morgan fingerprint density at radius 2 is 1.33 bits per heavy atom. The molecule has 1 aliphatic rings. The Balaban J connectivity index is 1.93. The average molecular weight is 330 g/mol. The van der Waals surface area contributed by atoms with E-state index in [1.165, 1.54) is 0 Å². The molecule has 5 nitrogen and oxygen atoms in total. The van der Waals surface area contributed by atoms with Crippen LogP contribution in [0.4, 0.5) is 0 Å². The van der Waals surface area contributed by atoms with Gasteiger partial charge in [-0.25, -0.2) is 0 Å². The first-order valence-electron chi connectivity index (χ1n) is 7.84. The van der Waals surface area contributed by atoms with Gasteiger partial charge in [0.1, 0.15) is 0 Å². The number of hydrogen-bond donors (Lipinski definition) is 1. The zero-order valence-corrected chi connectivity index (χ0v) is 14.1. The molecular weight excluding hydrogens is 308 g/mol. The van der Waals surface area contributed by atoms with Crippen LogP contribution in [0.25, 0.3) is 0 Å². The highest BCUT2D eigenvalue weighted by molar-refractivity contribution is 5.47. The van der Waals surface area contributed by atoms with Gasteiger partial charge in [-0.3, -0.25) is 0 Å². The molecule has 0 amide bonds. The summed E-state index contributed by atoms with van der Waals surface area (Å²) in [6, 6.07) is 11.4. The summed E-state index contributed by atoms with van der Waals surface area (Å²) >= 11 is 0. The summed E-state index contributed by atoms with van der Waals surface area (Å²) in [7, 11) is 4.81. The minimum Gasteiger partial charge on any atom is -0.504 e. The summed E-state index contributed by atoms with van der Waals surface area (Å²) in [5.74, 6) is 2.44. The number of benzene rings is 2. The number of ether oxygens (including phenoxy) is 4. The predicted octanol–water partition coefficient (Wildman–Crippen LogP) is 3.32. The fourth-order valence-corrected chi connectivity index (χ4v) is 3.22. The van der Waals surface area contributed by atoms with Gasteiger partial charge >= 0.3 is 0 Å². The molecule has 5 heteroatoms. The van der Waals surface area contributed by atoms with Crippen LogP contribution in [-0.2, 0) is 4.74 Å². The minimum atomic E-state index is 0.142. The van der Waals surface area contributed by atoms with Gasteiger partial charge < -0.3 is 24.1 Å². The number of methoxy groups -OCH3 is 3. The van der Waals surface area contributed by atoms with Crippen molar-refractivity contribution in [1.29, 1.82) is 0 Å². The maximum Gasteiger partial charge on any atom is 0.160 e. The standard InChI is InChI=1S/C19H22O5/c1-21-17-7-5-13(9-19(17)23-3)15-11-24-10-14(15)12-4-6-16(20)18(8-12)22-2/h4-9,14-15,20H,10-11H2,1-3H3. The number of hydrogen-bond acceptors (Lipinski definition) is 5. The van der Waals surface area contributed by atoms with E-state index in [1.54, 1.807) is 27.4 Å². The summed E-state index contributed by atoms with van der Waals surface area (Å²) in [4.78, 5) is 0. The zero-order valence-electron chi connectivity index (χ0n) is 14.1. The number of aromatic hydroxyl groups is 1. The van der Waals surface area contributed by atoms with Gasteiger partial charge in [-0.2, -0.15) is 0 Å². The van der Waals surface area contributed by atoms with Crippen LogP contribution in [0, 0.1) is 0 Å². The summed E-state index contributed by atoms with van der Waals surface area (Å²) in [6.07, 6.45) is 0. The average Bonchev–Trinajstić information content (AvgIpc) is 3.11. The lowest BCUT2D eigenvalue weighted by atomic mass is 9.84. The van der Waals surface area contributed by atoms with Crippen molar-refractivity contribution < 1.29 is 24.1 Å². The highest BCUT2D eigenvalue weighted by Crippen LogP contribution is 2.42. The first-order chi connectivity index (χ1) is 11.7. The van der Waals surface area contributed by atoms with E-state index in [9.17, 15) is 5.11 Å². The monoisotopic (exact) mass is 330 g/mol. The normalized spacial score (nSPS) is 20.0. The van der Waals surface area contributed by atoms with Crippen molar-refractivity contribution in [2.45, 2.75) is 11.8 Å². The Morgan fingerprint density at radius 3 is 1.92 bits per heavy atom. The van der Waals surface area contributed by atoms with Crippen molar-refractivity contribution in [3.63, 3.8) is 0 Å². The van der Waals surface area contributed by atoms with E-state index < -0.39 is 0 Å². The van der Waals surface area contributed by atoms with Crippen molar-refractivity contribution in [3.05, 3.63) is 47.5 Å². The third kappa shape index (κ3) is 2.99. The molecule has 1 fully saturated rings. The second kappa shape index (κ2) is 7.01. The van der Waals surface area contributed by atoms with Crippen LogP contribution in [0.2, 0.25) is 0 Å². The fourth-order valence-electron chi connectivity index (χ4n) is 3.22. The van der Waals surface area contributed by atoms with Crippen LogP contribution in [0.3, 0.4) is 0 Å². The predicted molar refractivity (Wildman–Crippen MR) is 90.5 cm³/mol. The van der Waals surface area contributed by atoms with Crippen LogP contribution in [0.5, 0.6) is 23.0 Å². The van der Waals surface area contributed by atoms with Crippen molar-refractivity contribution in [2.75, 3.05) is 34.5 Å². The van der Waals surface area contributed by atoms with Gasteiger partial charge in [-0.05, 0) is 35.4 Å². The maximum atomic E-state index is 9.80. The Bertz CT molecular complexity index is 713. The van der Waals surface area contributed by atoms with E-state index in [2.05, 4.69) is 0 Å².